The molecular weight excluding hydrogens is 533 g/mol. The molecule has 2 aromatic rings. The molecule has 0 spiro atoms. The van der Waals surface area contributed by atoms with Crippen LogP contribution in [-0.4, -0.2) is 37.9 Å². The van der Waals surface area contributed by atoms with Gasteiger partial charge in [0.1, 0.15) is 11.4 Å². The maximum atomic E-state index is 14.0. The molecule has 3 rings (SSSR count). The van der Waals surface area contributed by atoms with Crippen LogP contribution in [0.1, 0.15) is 68.8 Å². The molecule has 38 heavy (non-hydrogen) atoms. The zero-order chi connectivity index (χ0) is 28.7. The number of hydrogen-bond acceptors (Lipinski definition) is 5. The number of nitrogens with zero attached hydrogens (tertiary/aromatic N) is 1. The zero-order valence-corrected chi connectivity index (χ0v) is 22.5. The molecule has 0 bridgehead atoms. The van der Waals surface area contributed by atoms with Crippen molar-refractivity contribution in [3.63, 3.8) is 0 Å². The molecule has 0 radical (unpaired) electrons. The van der Waals surface area contributed by atoms with Crippen LogP contribution in [0.25, 0.3) is 0 Å². The molecule has 0 heterocycles. The fraction of sp³-hybridized carbons (Fsp3) is 0.500. The Bertz CT molecular complexity index is 1260. The van der Waals surface area contributed by atoms with Crippen molar-refractivity contribution in [2.24, 2.45) is 0 Å². The van der Waals surface area contributed by atoms with E-state index in [0.717, 1.165) is 4.31 Å². The number of sulfonamides is 1. The highest BCUT2D eigenvalue weighted by molar-refractivity contribution is 7.89. The van der Waals surface area contributed by atoms with Crippen molar-refractivity contribution in [3.05, 3.63) is 58.7 Å². The number of ether oxygens (including phenoxy) is 2. The van der Waals surface area contributed by atoms with E-state index in [1.807, 2.05) is 0 Å². The Labute approximate surface area is 218 Å². The van der Waals surface area contributed by atoms with Gasteiger partial charge in [-0.3, -0.25) is 0 Å². The van der Waals surface area contributed by atoms with E-state index in [9.17, 15) is 35.2 Å². The van der Waals surface area contributed by atoms with E-state index in [1.54, 1.807) is 39.0 Å². The molecule has 210 valence electrons. The largest absolute Gasteiger partial charge is 0.482 e. The Hall–Kier alpha value is -2.73. The van der Waals surface area contributed by atoms with Crippen molar-refractivity contribution < 1.29 is 44.6 Å². The Balaban J connectivity index is 1.96. The second kappa shape index (κ2) is 10.4. The van der Waals surface area contributed by atoms with Crippen molar-refractivity contribution in [2.45, 2.75) is 75.6 Å². The lowest BCUT2D eigenvalue weighted by Gasteiger charge is -2.33. The van der Waals surface area contributed by atoms with Gasteiger partial charge in [-0.2, -0.15) is 17.5 Å². The first-order valence-corrected chi connectivity index (χ1v) is 13.3. The lowest BCUT2D eigenvalue weighted by Crippen LogP contribution is -2.34. The second-order valence-electron chi connectivity index (χ2n) is 10.3. The molecule has 0 aromatic heterocycles. The summed E-state index contributed by atoms with van der Waals surface area (Å²) in [6.45, 7) is 5.17. The highest BCUT2D eigenvalue weighted by Crippen LogP contribution is 2.42. The molecule has 0 saturated heterocycles. The molecule has 12 heteroatoms. The SMILES string of the molecule is CN([C@@H]1CCCc2c(OCC(=O)OC(C)(C)C)cccc21)S(=O)(=O)c1cc(C(C)(F)F)cc(C(F)(F)F)c1. The lowest BCUT2D eigenvalue weighted by atomic mass is 9.87. The summed E-state index contributed by atoms with van der Waals surface area (Å²) in [5.41, 5.74) is -2.04. The standard InChI is InChI=1S/C26H30F5NO5S/c1-24(2,3)37-23(33)15-36-22-11-7-8-19-20(22)9-6-10-21(19)32(5)38(34,35)18-13-16(25(4,27)28)12-17(14-18)26(29,30)31/h7-8,11-14,21H,6,9-10,15H2,1-5H3/t21-/m1/s1. The highest BCUT2D eigenvalue weighted by Gasteiger charge is 2.39. The molecule has 0 amide bonds. The van der Waals surface area contributed by atoms with Crippen LogP contribution in [0.4, 0.5) is 22.0 Å². The Morgan fingerprint density at radius 1 is 1.03 bits per heavy atom. The Morgan fingerprint density at radius 3 is 2.24 bits per heavy atom. The molecule has 0 N–H and O–H groups in total. The molecule has 0 fully saturated rings. The van der Waals surface area contributed by atoms with Gasteiger partial charge < -0.3 is 9.47 Å². The average molecular weight is 564 g/mol. The maximum Gasteiger partial charge on any atom is 0.416 e. The van der Waals surface area contributed by atoms with E-state index in [4.69, 9.17) is 9.47 Å². The van der Waals surface area contributed by atoms with Gasteiger partial charge in [0.2, 0.25) is 10.0 Å². The van der Waals surface area contributed by atoms with Crippen LogP contribution in [0.2, 0.25) is 0 Å². The molecule has 0 saturated carbocycles. The molecular formula is C26H30F5NO5S. The van der Waals surface area contributed by atoms with E-state index in [0.29, 0.717) is 55.2 Å². The molecule has 1 atom stereocenters. The molecule has 1 aliphatic rings. The number of carbonyl (C=O) groups excluding carboxylic acids is 1. The van der Waals surface area contributed by atoms with Gasteiger partial charge in [-0.25, -0.2) is 22.0 Å². The summed E-state index contributed by atoms with van der Waals surface area (Å²) < 4.78 is 107. The van der Waals surface area contributed by atoms with E-state index in [-0.39, 0.29) is 12.7 Å². The van der Waals surface area contributed by atoms with Crippen molar-refractivity contribution in [2.75, 3.05) is 13.7 Å². The summed E-state index contributed by atoms with van der Waals surface area (Å²) in [6, 6.07) is 5.31. The van der Waals surface area contributed by atoms with Gasteiger partial charge in [-0.1, -0.05) is 12.1 Å². The lowest BCUT2D eigenvalue weighted by molar-refractivity contribution is -0.157. The molecule has 0 unspecified atom stereocenters. The fourth-order valence-electron chi connectivity index (χ4n) is 4.31. The van der Waals surface area contributed by atoms with E-state index < -0.39 is 55.8 Å². The highest BCUT2D eigenvalue weighted by atomic mass is 32.2. The summed E-state index contributed by atoms with van der Waals surface area (Å²) >= 11 is 0. The number of benzene rings is 2. The van der Waals surface area contributed by atoms with Gasteiger partial charge in [0.15, 0.2) is 6.61 Å². The van der Waals surface area contributed by atoms with Gasteiger partial charge in [-0.05, 0) is 75.4 Å². The topological polar surface area (TPSA) is 72.9 Å². The van der Waals surface area contributed by atoms with Gasteiger partial charge in [0, 0.05) is 19.5 Å². The minimum Gasteiger partial charge on any atom is -0.482 e. The van der Waals surface area contributed by atoms with Crippen molar-refractivity contribution in [1.82, 2.24) is 4.31 Å². The average Bonchev–Trinajstić information content (AvgIpc) is 2.79. The van der Waals surface area contributed by atoms with Gasteiger partial charge in [0.25, 0.3) is 5.92 Å². The summed E-state index contributed by atoms with van der Waals surface area (Å²) in [4.78, 5) is 11.2. The third-order valence-corrected chi connectivity index (χ3v) is 7.90. The molecule has 0 aliphatic heterocycles. The number of rotatable bonds is 7. The number of alkyl halides is 5. The number of halogens is 5. The molecule has 2 aromatic carbocycles. The number of hydrogen-bond donors (Lipinski definition) is 0. The van der Waals surface area contributed by atoms with Crippen LogP contribution >= 0.6 is 0 Å². The van der Waals surface area contributed by atoms with Gasteiger partial charge >= 0.3 is 12.1 Å². The number of fused-ring (bicyclic) bond motifs is 1. The third-order valence-electron chi connectivity index (χ3n) is 6.05. The normalized spacial score (nSPS) is 16.8. The monoisotopic (exact) mass is 563 g/mol. The number of carbonyl (C=O) groups is 1. The summed E-state index contributed by atoms with van der Waals surface area (Å²) in [6.07, 6.45) is -3.65. The molecule has 6 nitrogen and oxygen atoms in total. The van der Waals surface area contributed by atoms with E-state index in [1.165, 1.54) is 7.05 Å². The van der Waals surface area contributed by atoms with Crippen LogP contribution in [0.5, 0.6) is 5.75 Å². The van der Waals surface area contributed by atoms with Gasteiger partial charge in [0.05, 0.1) is 16.5 Å². The summed E-state index contributed by atoms with van der Waals surface area (Å²) in [7, 11) is -3.42. The van der Waals surface area contributed by atoms with Crippen LogP contribution in [0.15, 0.2) is 41.3 Å². The van der Waals surface area contributed by atoms with Crippen LogP contribution in [-0.2, 0) is 38.1 Å². The van der Waals surface area contributed by atoms with Crippen molar-refractivity contribution in [1.29, 1.82) is 0 Å². The maximum absolute atomic E-state index is 14.0. The Kier molecular flexibility index (Phi) is 8.19. The number of esters is 1. The van der Waals surface area contributed by atoms with Crippen molar-refractivity contribution >= 4 is 16.0 Å². The first-order valence-electron chi connectivity index (χ1n) is 11.9. The van der Waals surface area contributed by atoms with Crippen LogP contribution in [0.3, 0.4) is 0 Å². The summed E-state index contributed by atoms with van der Waals surface area (Å²) in [5.74, 6) is -3.92. The zero-order valence-electron chi connectivity index (χ0n) is 21.7. The summed E-state index contributed by atoms with van der Waals surface area (Å²) in [5, 5.41) is 0. The van der Waals surface area contributed by atoms with Gasteiger partial charge in [-0.15, -0.1) is 0 Å². The van der Waals surface area contributed by atoms with Crippen molar-refractivity contribution in [3.8, 4) is 5.75 Å². The predicted octanol–water partition coefficient (Wildman–Crippen LogP) is 6.24. The fourth-order valence-corrected chi connectivity index (χ4v) is 5.75. The first kappa shape index (κ1) is 29.8. The van der Waals surface area contributed by atoms with Crippen LogP contribution < -0.4 is 4.74 Å². The first-order chi connectivity index (χ1) is 17.3. The minimum absolute atomic E-state index is 0.253. The van der Waals surface area contributed by atoms with Crippen LogP contribution in [0, 0.1) is 0 Å². The minimum atomic E-state index is -5.03. The smallest absolute Gasteiger partial charge is 0.416 e. The quantitative estimate of drug-likeness (QED) is 0.295. The third kappa shape index (κ3) is 6.82. The predicted molar refractivity (Wildman–Crippen MR) is 129 cm³/mol. The van der Waals surface area contributed by atoms with E-state index >= 15 is 0 Å². The Morgan fingerprint density at radius 2 is 1.66 bits per heavy atom. The van der Waals surface area contributed by atoms with E-state index in [2.05, 4.69) is 0 Å². The molecule has 1 aliphatic carbocycles. The second-order valence-corrected chi connectivity index (χ2v) is 12.3.